The van der Waals surface area contributed by atoms with E-state index in [0.29, 0.717) is 6.42 Å². The van der Waals surface area contributed by atoms with E-state index < -0.39 is 6.04 Å². The number of nitrogens with zero attached hydrogens (tertiary/aromatic N) is 2. The molecular formula is C16H25N3O. The molecule has 4 nitrogen and oxygen atoms in total. The van der Waals surface area contributed by atoms with Crippen LogP contribution in [0.5, 0.6) is 0 Å². The molecule has 1 fully saturated rings. The summed E-state index contributed by atoms with van der Waals surface area (Å²) in [5, 5.41) is 0. The lowest BCUT2D eigenvalue weighted by Crippen LogP contribution is -2.45. The molecule has 4 heteroatoms. The Bertz CT molecular complexity index is 415. The number of likely N-dealkylation sites (tertiary alicyclic amines) is 1. The van der Waals surface area contributed by atoms with Crippen LogP contribution in [0.2, 0.25) is 0 Å². The van der Waals surface area contributed by atoms with Crippen molar-refractivity contribution >= 4 is 5.91 Å². The Morgan fingerprint density at radius 1 is 1.30 bits per heavy atom. The van der Waals surface area contributed by atoms with Gasteiger partial charge in [-0.3, -0.25) is 4.79 Å². The van der Waals surface area contributed by atoms with Crippen LogP contribution in [0.15, 0.2) is 30.3 Å². The number of amides is 1. The first-order valence-corrected chi connectivity index (χ1v) is 7.43. The predicted molar refractivity (Wildman–Crippen MR) is 81.4 cm³/mol. The predicted octanol–water partition coefficient (Wildman–Crippen LogP) is 1.11. The molecule has 0 spiro atoms. The number of carbonyl (C=O) groups excluding carboxylic acids is 1. The summed E-state index contributed by atoms with van der Waals surface area (Å²) in [5.41, 5.74) is 7.14. The summed E-state index contributed by atoms with van der Waals surface area (Å²) >= 11 is 0. The Morgan fingerprint density at radius 2 is 1.95 bits per heavy atom. The molecule has 2 rings (SSSR count). The smallest absolute Gasteiger partial charge is 0.239 e. The molecule has 0 aliphatic carbocycles. The number of carbonyl (C=O) groups is 1. The maximum Gasteiger partial charge on any atom is 0.239 e. The highest BCUT2D eigenvalue weighted by Gasteiger charge is 2.19. The normalized spacial score (nSPS) is 17.1. The van der Waals surface area contributed by atoms with Crippen molar-refractivity contribution < 1.29 is 4.79 Å². The van der Waals surface area contributed by atoms with Crippen molar-refractivity contribution in [2.75, 3.05) is 33.2 Å². The fourth-order valence-corrected chi connectivity index (χ4v) is 2.65. The Labute approximate surface area is 121 Å². The molecule has 1 aromatic rings. The third-order valence-electron chi connectivity index (χ3n) is 3.94. The second kappa shape index (κ2) is 7.41. The molecule has 1 aliphatic rings. The van der Waals surface area contributed by atoms with E-state index in [2.05, 4.69) is 4.90 Å². The molecule has 1 aromatic carbocycles. The van der Waals surface area contributed by atoms with Gasteiger partial charge in [0, 0.05) is 20.1 Å². The van der Waals surface area contributed by atoms with Gasteiger partial charge in [-0.1, -0.05) is 30.3 Å². The highest BCUT2D eigenvalue weighted by Crippen LogP contribution is 2.07. The summed E-state index contributed by atoms with van der Waals surface area (Å²) in [6.07, 6.45) is 3.17. The quantitative estimate of drug-likeness (QED) is 0.846. The molecule has 0 unspecified atom stereocenters. The molecule has 0 aromatic heterocycles. The van der Waals surface area contributed by atoms with Gasteiger partial charge in [0.15, 0.2) is 0 Å². The van der Waals surface area contributed by atoms with Gasteiger partial charge >= 0.3 is 0 Å². The highest BCUT2D eigenvalue weighted by molar-refractivity contribution is 5.81. The van der Waals surface area contributed by atoms with E-state index in [9.17, 15) is 4.79 Å². The van der Waals surface area contributed by atoms with Gasteiger partial charge in [-0.25, -0.2) is 0 Å². The standard InChI is InChI=1S/C16H25N3O/c1-18(11-12-19-9-5-6-10-19)16(20)15(17)13-14-7-3-2-4-8-14/h2-4,7-8,15H,5-6,9-13,17H2,1H3/t15-/m0/s1. The number of rotatable bonds is 6. The van der Waals surface area contributed by atoms with Crippen molar-refractivity contribution in [3.8, 4) is 0 Å². The van der Waals surface area contributed by atoms with Crippen molar-refractivity contribution in [3.05, 3.63) is 35.9 Å². The van der Waals surface area contributed by atoms with Crippen molar-refractivity contribution in [1.29, 1.82) is 0 Å². The average Bonchev–Trinajstić information content (AvgIpc) is 2.98. The number of likely N-dealkylation sites (N-methyl/N-ethyl adjacent to an activating group) is 1. The summed E-state index contributed by atoms with van der Waals surface area (Å²) < 4.78 is 0. The second-order valence-corrected chi connectivity index (χ2v) is 5.60. The summed E-state index contributed by atoms with van der Waals surface area (Å²) in [5.74, 6) is 0.0352. The zero-order valence-corrected chi connectivity index (χ0v) is 12.3. The summed E-state index contributed by atoms with van der Waals surface area (Å²) in [7, 11) is 1.85. The van der Waals surface area contributed by atoms with Crippen molar-refractivity contribution in [3.63, 3.8) is 0 Å². The molecule has 0 saturated carbocycles. The molecule has 1 aliphatic heterocycles. The van der Waals surface area contributed by atoms with E-state index in [-0.39, 0.29) is 5.91 Å². The third kappa shape index (κ3) is 4.32. The zero-order valence-electron chi connectivity index (χ0n) is 12.3. The molecular weight excluding hydrogens is 250 g/mol. The summed E-state index contributed by atoms with van der Waals surface area (Å²) in [4.78, 5) is 16.4. The zero-order chi connectivity index (χ0) is 14.4. The van der Waals surface area contributed by atoms with Gasteiger partial charge in [-0.05, 0) is 37.9 Å². The van der Waals surface area contributed by atoms with Crippen LogP contribution in [0, 0.1) is 0 Å². The first-order valence-electron chi connectivity index (χ1n) is 7.43. The maximum absolute atomic E-state index is 12.2. The largest absolute Gasteiger partial charge is 0.343 e. The molecule has 1 atom stereocenters. The third-order valence-corrected chi connectivity index (χ3v) is 3.94. The van der Waals surface area contributed by atoms with Gasteiger partial charge in [-0.15, -0.1) is 0 Å². The minimum Gasteiger partial charge on any atom is -0.343 e. The topological polar surface area (TPSA) is 49.6 Å². The molecule has 110 valence electrons. The fraction of sp³-hybridized carbons (Fsp3) is 0.562. The van der Waals surface area contributed by atoms with Gasteiger partial charge in [0.05, 0.1) is 6.04 Å². The number of nitrogens with two attached hydrogens (primary N) is 1. The Balaban J connectivity index is 1.76. The molecule has 1 heterocycles. The summed E-state index contributed by atoms with van der Waals surface area (Å²) in [6.45, 7) is 4.05. The van der Waals surface area contributed by atoms with Crippen molar-refractivity contribution in [1.82, 2.24) is 9.80 Å². The van der Waals surface area contributed by atoms with Crippen LogP contribution < -0.4 is 5.73 Å². The van der Waals surface area contributed by atoms with E-state index in [1.54, 1.807) is 4.90 Å². The van der Waals surface area contributed by atoms with Gasteiger partial charge in [0.1, 0.15) is 0 Å². The van der Waals surface area contributed by atoms with E-state index in [4.69, 9.17) is 5.73 Å². The minimum absolute atomic E-state index is 0.0352. The lowest BCUT2D eigenvalue weighted by atomic mass is 10.1. The fourth-order valence-electron chi connectivity index (χ4n) is 2.65. The van der Waals surface area contributed by atoms with Crippen molar-refractivity contribution in [2.45, 2.75) is 25.3 Å². The lowest BCUT2D eigenvalue weighted by molar-refractivity contribution is -0.131. The van der Waals surface area contributed by atoms with Gasteiger partial charge in [-0.2, -0.15) is 0 Å². The molecule has 20 heavy (non-hydrogen) atoms. The van der Waals surface area contributed by atoms with E-state index in [1.807, 2.05) is 37.4 Å². The Morgan fingerprint density at radius 3 is 2.60 bits per heavy atom. The SMILES string of the molecule is CN(CCN1CCCC1)C(=O)[C@@H](N)Cc1ccccc1. The first-order chi connectivity index (χ1) is 9.66. The average molecular weight is 275 g/mol. The first kappa shape index (κ1) is 15.0. The number of hydrogen-bond acceptors (Lipinski definition) is 3. The van der Waals surface area contributed by atoms with Crippen LogP contribution in [0.1, 0.15) is 18.4 Å². The maximum atomic E-state index is 12.2. The number of benzene rings is 1. The van der Waals surface area contributed by atoms with Crippen molar-refractivity contribution in [2.24, 2.45) is 5.73 Å². The van der Waals surface area contributed by atoms with Gasteiger partial charge < -0.3 is 15.5 Å². The van der Waals surface area contributed by atoms with Gasteiger partial charge in [0.25, 0.3) is 0 Å². The highest BCUT2D eigenvalue weighted by atomic mass is 16.2. The number of hydrogen-bond donors (Lipinski definition) is 1. The van der Waals surface area contributed by atoms with Crippen LogP contribution >= 0.6 is 0 Å². The Hall–Kier alpha value is -1.39. The Kier molecular flexibility index (Phi) is 5.56. The lowest BCUT2D eigenvalue weighted by Gasteiger charge is -2.24. The van der Waals surface area contributed by atoms with Crippen LogP contribution in [-0.4, -0.2) is 55.0 Å². The monoisotopic (exact) mass is 275 g/mol. The van der Waals surface area contributed by atoms with Gasteiger partial charge in [0.2, 0.25) is 5.91 Å². The second-order valence-electron chi connectivity index (χ2n) is 5.60. The summed E-state index contributed by atoms with van der Waals surface area (Å²) in [6, 6.07) is 9.50. The molecule has 2 N–H and O–H groups in total. The molecule has 0 bridgehead atoms. The van der Waals surface area contributed by atoms with Crippen LogP contribution in [0.3, 0.4) is 0 Å². The minimum atomic E-state index is -0.444. The van der Waals surface area contributed by atoms with E-state index >= 15 is 0 Å². The van der Waals surface area contributed by atoms with Crippen LogP contribution in [0.25, 0.3) is 0 Å². The molecule has 1 saturated heterocycles. The van der Waals surface area contributed by atoms with E-state index in [0.717, 1.165) is 31.7 Å². The van der Waals surface area contributed by atoms with Crippen LogP contribution in [0.4, 0.5) is 0 Å². The van der Waals surface area contributed by atoms with Crippen LogP contribution in [-0.2, 0) is 11.2 Å². The molecule has 1 amide bonds. The van der Waals surface area contributed by atoms with E-state index in [1.165, 1.54) is 12.8 Å². The molecule has 0 radical (unpaired) electrons.